The van der Waals surface area contributed by atoms with Gasteiger partial charge >= 0.3 is 0 Å². The van der Waals surface area contributed by atoms with Crippen molar-refractivity contribution < 1.29 is 8.83 Å². The SMILES string of the molecule is CC1Cc2ccc(N(c3ccccc3-c3ccccc3)c3cccc4c3oc3ccccc34)c3ccc4ccc(N(c5ccccc5-c5ccccc5)c5cccc6c5oc5ccccc56)c1c4c23. The lowest BCUT2D eigenvalue weighted by Gasteiger charge is -2.35. The zero-order chi connectivity index (χ0) is 45.6. The van der Waals surface area contributed by atoms with Crippen molar-refractivity contribution in [3.63, 3.8) is 0 Å². The van der Waals surface area contributed by atoms with Crippen LogP contribution in [-0.2, 0) is 6.42 Å². The van der Waals surface area contributed by atoms with E-state index in [-0.39, 0.29) is 5.92 Å². The summed E-state index contributed by atoms with van der Waals surface area (Å²) < 4.78 is 13.8. The van der Waals surface area contributed by atoms with Gasteiger partial charge in [-0.25, -0.2) is 0 Å². The van der Waals surface area contributed by atoms with Crippen molar-refractivity contribution >= 4 is 99.5 Å². The Hall–Kier alpha value is -8.86. The Morgan fingerprint density at radius 3 is 1.41 bits per heavy atom. The van der Waals surface area contributed by atoms with Crippen LogP contribution >= 0.6 is 0 Å². The number of anilines is 6. The van der Waals surface area contributed by atoms with E-state index in [2.05, 4.69) is 241 Å². The van der Waals surface area contributed by atoms with Gasteiger partial charge < -0.3 is 18.6 Å². The highest BCUT2D eigenvalue weighted by molar-refractivity contribution is 6.20. The van der Waals surface area contributed by atoms with Crippen molar-refractivity contribution in [2.24, 2.45) is 0 Å². The fourth-order valence-corrected chi connectivity index (χ4v) is 11.5. The highest BCUT2D eigenvalue weighted by atomic mass is 16.3. The summed E-state index contributed by atoms with van der Waals surface area (Å²) in [5, 5.41) is 9.40. The summed E-state index contributed by atoms with van der Waals surface area (Å²) in [6, 6.07) is 83.1. The van der Waals surface area contributed by atoms with E-state index in [1.807, 2.05) is 6.07 Å². The third kappa shape index (κ3) is 6.08. The number of fused-ring (bicyclic) bond motifs is 6. The third-order valence-corrected chi connectivity index (χ3v) is 14.5. The maximum absolute atomic E-state index is 6.89. The van der Waals surface area contributed by atoms with Crippen LogP contribution in [0.1, 0.15) is 24.0 Å². The molecule has 0 N–H and O–H groups in total. The molecule has 2 aromatic heterocycles. The average Bonchev–Trinajstić information content (AvgIpc) is 3.99. The molecule has 13 aromatic rings. The van der Waals surface area contributed by atoms with Crippen LogP contribution in [-0.4, -0.2) is 0 Å². The topological polar surface area (TPSA) is 32.8 Å². The number of para-hydroxylation sites is 6. The van der Waals surface area contributed by atoms with E-state index in [9.17, 15) is 0 Å². The first-order valence-electron chi connectivity index (χ1n) is 23.9. The summed E-state index contributed by atoms with van der Waals surface area (Å²) in [7, 11) is 0. The van der Waals surface area contributed by atoms with Gasteiger partial charge in [-0.15, -0.1) is 0 Å². The fraction of sp³-hybridized carbons (Fsp3) is 0.0462. The molecule has 326 valence electrons. The van der Waals surface area contributed by atoms with Gasteiger partial charge in [0.05, 0.1) is 34.1 Å². The van der Waals surface area contributed by atoms with Crippen LogP contribution in [0.5, 0.6) is 0 Å². The molecule has 0 fully saturated rings. The molecule has 1 unspecified atom stereocenters. The van der Waals surface area contributed by atoms with Gasteiger partial charge in [-0.3, -0.25) is 0 Å². The van der Waals surface area contributed by atoms with E-state index in [0.29, 0.717) is 0 Å². The van der Waals surface area contributed by atoms with E-state index in [1.165, 1.54) is 32.7 Å². The molecule has 0 saturated heterocycles. The fourth-order valence-electron chi connectivity index (χ4n) is 11.5. The maximum atomic E-state index is 6.89. The highest BCUT2D eigenvalue weighted by Crippen LogP contribution is 2.54. The van der Waals surface area contributed by atoms with Gasteiger partial charge in [0.2, 0.25) is 0 Å². The van der Waals surface area contributed by atoms with E-state index in [1.54, 1.807) is 0 Å². The van der Waals surface area contributed by atoms with Crippen LogP contribution in [0, 0.1) is 0 Å². The van der Waals surface area contributed by atoms with Gasteiger partial charge in [0.15, 0.2) is 11.2 Å². The molecule has 2 heterocycles. The molecular weight excluding hydrogens is 841 g/mol. The molecule has 0 saturated carbocycles. The maximum Gasteiger partial charge on any atom is 0.159 e. The Labute approximate surface area is 399 Å². The largest absolute Gasteiger partial charge is 0.454 e. The summed E-state index contributed by atoms with van der Waals surface area (Å²) in [6.45, 7) is 2.40. The van der Waals surface area contributed by atoms with Gasteiger partial charge in [-0.1, -0.05) is 189 Å². The first-order valence-corrected chi connectivity index (χ1v) is 23.9. The van der Waals surface area contributed by atoms with Crippen molar-refractivity contribution in [2.45, 2.75) is 19.3 Å². The molecule has 0 bridgehead atoms. The van der Waals surface area contributed by atoms with Gasteiger partial charge in [0, 0.05) is 38.1 Å². The van der Waals surface area contributed by atoms with E-state index >= 15 is 0 Å². The quantitative estimate of drug-likeness (QED) is 0.142. The Morgan fingerprint density at radius 1 is 0.348 bits per heavy atom. The van der Waals surface area contributed by atoms with Gasteiger partial charge in [0.1, 0.15) is 11.2 Å². The summed E-state index contributed by atoms with van der Waals surface area (Å²) in [4.78, 5) is 4.93. The number of rotatable bonds is 8. The molecule has 0 amide bonds. The molecule has 69 heavy (non-hydrogen) atoms. The Bertz CT molecular complexity index is 4150. The van der Waals surface area contributed by atoms with Gasteiger partial charge in [-0.05, 0) is 99.3 Å². The number of benzene rings is 11. The molecule has 0 aliphatic heterocycles. The molecule has 14 rings (SSSR count). The minimum Gasteiger partial charge on any atom is -0.454 e. The second kappa shape index (κ2) is 15.6. The minimum absolute atomic E-state index is 0.202. The summed E-state index contributed by atoms with van der Waals surface area (Å²) in [5.41, 5.74) is 17.2. The van der Waals surface area contributed by atoms with Crippen LogP contribution < -0.4 is 9.80 Å². The van der Waals surface area contributed by atoms with Crippen molar-refractivity contribution in [1.29, 1.82) is 0 Å². The van der Waals surface area contributed by atoms with Crippen molar-refractivity contribution in [3.8, 4) is 22.3 Å². The lowest BCUT2D eigenvalue weighted by atomic mass is 9.79. The first-order chi connectivity index (χ1) is 34.2. The Balaban J connectivity index is 1.07. The van der Waals surface area contributed by atoms with Crippen molar-refractivity contribution in [2.75, 3.05) is 9.80 Å². The summed E-state index contributed by atoms with van der Waals surface area (Å²) >= 11 is 0. The number of hydrogen-bond donors (Lipinski definition) is 0. The smallest absolute Gasteiger partial charge is 0.159 e. The van der Waals surface area contributed by atoms with E-state index < -0.39 is 0 Å². The van der Waals surface area contributed by atoms with Crippen molar-refractivity contribution in [3.05, 3.63) is 242 Å². The molecule has 4 nitrogen and oxygen atoms in total. The van der Waals surface area contributed by atoms with Crippen LogP contribution in [0.2, 0.25) is 0 Å². The molecule has 0 spiro atoms. The van der Waals surface area contributed by atoms with Gasteiger partial charge in [-0.2, -0.15) is 0 Å². The summed E-state index contributed by atoms with van der Waals surface area (Å²) in [5.74, 6) is 0.202. The van der Waals surface area contributed by atoms with Crippen LogP contribution in [0.3, 0.4) is 0 Å². The van der Waals surface area contributed by atoms with Crippen LogP contribution in [0.15, 0.2) is 239 Å². The second-order valence-corrected chi connectivity index (χ2v) is 18.4. The predicted molar refractivity (Wildman–Crippen MR) is 288 cm³/mol. The van der Waals surface area contributed by atoms with Crippen LogP contribution in [0.25, 0.3) is 87.7 Å². The second-order valence-electron chi connectivity index (χ2n) is 18.4. The molecule has 1 aliphatic rings. The Morgan fingerprint density at radius 2 is 0.812 bits per heavy atom. The first kappa shape index (κ1) is 39.3. The average molecular weight is 885 g/mol. The normalized spacial score (nSPS) is 13.4. The molecular formula is C65H44N2O2. The molecule has 1 aliphatic carbocycles. The number of furan rings is 2. The van der Waals surface area contributed by atoms with E-state index in [4.69, 9.17) is 8.83 Å². The zero-order valence-corrected chi connectivity index (χ0v) is 37.9. The minimum atomic E-state index is 0.202. The van der Waals surface area contributed by atoms with Gasteiger partial charge in [0.25, 0.3) is 0 Å². The molecule has 1 atom stereocenters. The standard InChI is InChI=1S/C65H44N2O2/c1-41-40-45-36-38-55(66(53-28-12-8-22-46(53)42-18-4-2-5-19-42)57-30-16-26-50-48-24-10-14-32-59(48)68-64(50)57)52-37-34-44-35-39-56(61(41)63(44)62(45)52)67(54-29-13-9-23-47(54)43-20-6-3-7-21-43)58-31-17-27-51-49-25-11-15-33-60(49)69-65(51)58/h2-39,41H,40H2,1H3. The molecule has 0 radical (unpaired) electrons. The lowest BCUT2D eigenvalue weighted by molar-refractivity contribution is 0.668. The zero-order valence-electron chi connectivity index (χ0n) is 37.9. The molecule has 4 heteroatoms. The van der Waals surface area contributed by atoms with Crippen molar-refractivity contribution in [1.82, 2.24) is 0 Å². The Kier molecular flexibility index (Phi) is 8.90. The lowest BCUT2D eigenvalue weighted by Crippen LogP contribution is -2.17. The summed E-state index contributed by atoms with van der Waals surface area (Å²) in [6.07, 6.45) is 0.892. The number of nitrogens with zero attached hydrogens (tertiary/aromatic N) is 2. The predicted octanol–water partition coefficient (Wildman–Crippen LogP) is 18.7. The third-order valence-electron chi connectivity index (χ3n) is 14.5. The van der Waals surface area contributed by atoms with Crippen LogP contribution in [0.4, 0.5) is 34.1 Å². The number of hydrogen-bond acceptors (Lipinski definition) is 4. The van der Waals surface area contributed by atoms with E-state index in [0.717, 1.165) is 107 Å². The molecule has 11 aromatic carbocycles. The monoisotopic (exact) mass is 884 g/mol. The highest BCUT2D eigenvalue weighted by Gasteiger charge is 2.32.